The fourth-order valence-electron chi connectivity index (χ4n) is 1.12. The van der Waals surface area contributed by atoms with E-state index in [4.69, 9.17) is 21.6 Å². The summed E-state index contributed by atoms with van der Waals surface area (Å²) in [7, 11) is 0. The largest absolute Gasteiger partial charge is 0.348 e. The molecule has 0 aliphatic carbocycles. The number of benzene rings is 1. The molecule has 0 amide bonds. The normalized spacial score (nSPS) is 26.3. The van der Waals surface area contributed by atoms with Crippen molar-refractivity contribution in [1.29, 1.82) is 5.26 Å². The second kappa shape index (κ2) is 2.78. The minimum atomic E-state index is -0.258. The Morgan fingerprint density at radius 2 is 2.00 bits per heavy atom. The average Bonchev–Trinajstić information content (AvgIpc) is 2.85. The lowest BCUT2D eigenvalue weighted by atomic mass is 10.1. The van der Waals surface area contributed by atoms with Gasteiger partial charge in [-0.3, -0.25) is 0 Å². The van der Waals surface area contributed by atoms with Gasteiger partial charge in [-0.1, -0.05) is 23.7 Å². The zero-order valence-corrected chi connectivity index (χ0v) is 6.95. The van der Waals surface area contributed by atoms with Crippen molar-refractivity contribution < 1.29 is 4.74 Å². The summed E-state index contributed by atoms with van der Waals surface area (Å²) in [4.78, 5) is 0. The van der Waals surface area contributed by atoms with E-state index in [0.717, 1.165) is 5.56 Å². The third-order valence-corrected chi connectivity index (χ3v) is 2.07. The number of nitrogens with zero attached hydrogens (tertiary/aromatic N) is 1. The lowest BCUT2D eigenvalue weighted by molar-refractivity contribution is 0.396. The van der Waals surface area contributed by atoms with Crippen LogP contribution in [0, 0.1) is 11.3 Å². The predicted octanol–water partition coefficient (Wildman–Crippen LogP) is 2.30. The molecule has 0 bridgehead atoms. The monoisotopic (exact) mass is 179 g/mol. The molecule has 2 atom stereocenters. The van der Waals surface area contributed by atoms with Crippen molar-refractivity contribution in [3.63, 3.8) is 0 Å². The van der Waals surface area contributed by atoms with E-state index in [1.807, 2.05) is 18.2 Å². The zero-order valence-electron chi connectivity index (χ0n) is 6.20. The molecule has 2 nitrogen and oxygen atoms in total. The van der Waals surface area contributed by atoms with Crippen molar-refractivity contribution in [3.05, 3.63) is 34.9 Å². The van der Waals surface area contributed by atoms with Crippen LogP contribution in [0.5, 0.6) is 0 Å². The molecular formula is C9H6ClNO. The zero-order chi connectivity index (χ0) is 8.55. The minimum absolute atomic E-state index is 0.0349. The lowest BCUT2D eigenvalue weighted by Crippen LogP contribution is -1.83. The third-order valence-electron chi connectivity index (χ3n) is 1.82. The van der Waals surface area contributed by atoms with Gasteiger partial charge in [0.15, 0.2) is 6.10 Å². The molecule has 1 saturated heterocycles. The first kappa shape index (κ1) is 7.60. The number of halogens is 1. The maximum Gasteiger partial charge on any atom is 0.175 e. The number of ether oxygens (including phenoxy) is 1. The summed E-state index contributed by atoms with van der Waals surface area (Å²) in [6, 6.07) is 9.40. The molecular weight excluding hydrogens is 174 g/mol. The number of epoxide rings is 1. The van der Waals surface area contributed by atoms with Crippen LogP contribution in [-0.4, -0.2) is 6.10 Å². The topological polar surface area (TPSA) is 36.3 Å². The molecule has 1 aliphatic rings. The van der Waals surface area contributed by atoms with Gasteiger partial charge < -0.3 is 4.74 Å². The Morgan fingerprint density at radius 3 is 2.50 bits per heavy atom. The molecule has 0 radical (unpaired) electrons. The molecule has 1 fully saturated rings. The van der Waals surface area contributed by atoms with Crippen molar-refractivity contribution in [2.24, 2.45) is 0 Å². The van der Waals surface area contributed by atoms with E-state index in [1.165, 1.54) is 0 Å². The Bertz CT molecular complexity index is 327. The van der Waals surface area contributed by atoms with Crippen LogP contribution < -0.4 is 0 Å². The molecule has 1 heterocycles. The van der Waals surface area contributed by atoms with Gasteiger partial charge in [0, 0.05) is 5.02 Å². The quantitative estimate of drug-likeness (QED) is 0.621. The van der Waals surface area contributed by atoms with Crippen molar-refractivity contribution >= 4 is 11.6 Å². The van der Waals surface area contributed by atoms with E-state index in [9.17, 15) is 0 Å². The van der Waals surface area contributed by atoms with Gasteiger partial charge in [-0.2, -0.15) is 5.26 Å². The van der Waals surface area contributed by atoms with Crippen LogP contribution in [-0.2, 0) is 4.74 Å². The van der Waals surface area contributed by atoms with Crippen molar-refractivity contribution in [2.45, 2.75) is 12.2 Å². The van der Waals surface area contributed by atoms with Crippen molar-refractivity contribution in [2.75, 3.05) is 0 Å². The average molecular weight is 180 g/mol. The van der Waals surface area contributed by atoms with Crippen molar-refractivity contribution in [1.82, 2.24) is 0 Å². The van der Waals surface area contributed by atoms with Gasteiger partial charge in [0.2, 0.25) is 0 Å². The highest BCUT2D eigenvalue weighted by atomic mass is 35.5. The van der Waals surface area contributed by atoms with E-state index in [1.54, 1.807) is 12.1 Å². The minimum Gasteiger partial charge on any atom is -0.348 e. The number of hydrogen-bond acceptors (Lipinski definition) is 2. The number of hydrogen-bond donors (Lipinski definition) is 0. The summed E-state index contributed by atoms with van der Waals surface area (Å²) in [5, 5.41) is 9.19. The Hall–Kier alpha value is -1.04. The van der Waals surface area contributed by atoms with Gasteiger partial charge in [0.1, 0.15) is 6.10 Å². The molecule has 1 aromatic rings. The summed E-state index contributed by atoms with van der Waals surface area (Å²) in [6.07, 6.45) is -0.293. The Labute approximate surface area is 75.3 Å². The van der Waals surface area contributed by atoms with Crippen LogP contribution in [0.25, 0.3) is 0 Å². The van der Waals surface area contributed by atoms with Gasteiger partial charge in [0.25, 0.3) is 0 Å². The van der Waals surface area contributed by atoms with Crippen LogP contribution in [0.3, 0.4) is 0 Å². The molecule has 0 aromatic heterocycles. The van der Waals surface area contributed by atoms with E-state index >= 15 is 0 Å². The fraction of sp³-hybridized carbons (Fsp3) is 0.222. The Balaban J connectivity index is 2.17. The molecule has 0 unspecified atom stereocenters. The summed E-state index contributed by atoms with van der Waals surface area (Å²) < 4.78 is 5.09. The third kappa shape index (κ3) is 1.29. The van der Waals surface area contributed by atoms with Gasteiger partial charge >= 0.3 is 0 Å². The molecule has 2 rings (SSSR count). The van der Waals surface area contributed by atoms with Crippen LogP contribution in [0.1, 0.15) is 11.7 Å². The molecule has 0 N–H and O–H groups in total. The van der Waals surface area contributed by atoms with E-state index in [0.29, 0.717) is 5.02 Å². The van der Waals surface area contributed by atoms with Gasteiger partial charge in [-0.15, -0.1) is 0 Å². The molecule has 0 saturated carbocycles. The molecule has 0 spiro atoms. The second-order valence-electron chi connectivity index (χ2n) is 2.66. The van der Waals surface area contributed by atoms with Gasteiger partial charge in [0.05, 0.1) is 6.07 Å². The maximum absolute atomic E-state index is 8.49. The van der Waals surface area contributed by atoms with Crippen LogP contribution >= 0.6 is 11.6 Å². The molecule has 1 aliphatic heterocycles. The van der Waals surface area contributed by atoms with E-state index in [2.05, 4.69) is 0 Å². The molecule has 3 heteroatoms. The number of nitriles is 1. The fourth-order valence-corrected chi connectivity index (χ4v) is 1.24. The van der Waals surface area contributed by atoms with Crippen LogP contribution in [0.15, 0.2) is 24.3 Å². The molecule has 60 valence electrons. The first-order valence-electron chi connectivity index (χ1n) is 3.62. The smallest absolute Gasteiger partial charge is 0.175 e. The second-order valence-corrected chi connectivity index (χ2v) is 3.09. The Morgan fingerprint density at radius 1 is 1.33 bits per heavy atom. The molecule has 12 heavy (non-hydrogen) atoms. The SMILES string of the molecule is N#C[C@H]1O[C@@H]1c1ccc(Cl)cc1. The maximum atomic E-state index is 8.49. The van der Waals surface area contributed by atoms with Crippen LogP contribution in [0.2, 0.25) is 5.02 Å². The highest BCUT2D eigenvalue weighted by Gasteiger charge is 2.40. The highest BCUT2D eigenvalue weighted by Crippen LogP contribution is 2.38. The summed E-state index contributed by atoms with van der Waals surface area (Å²) in [6.45, 7) is 0. The van der Waals surface area contributed by atoms with Crippen LogP contribution in [0.4, 0.5) is 0 Å². The highest BCUT2D eigenvalue weighted by molar-refractivity contribution is 6.30. The van der Waals surface area contributed by atoms with Crippen molar-refractivity contribution in [3.8, 4) is 6.07 Å². The van der Waals surface area contributed by atoms with E-state index in [-0.39, 0.29) is 12.2 Å². The predicted molar refractivity (Wildman–Crippen MR) is 44.7 cm³/mol. The molecule has 1 aromatic carbocycles. The van der Waals surface area contributed by atoms with Gasteiger partial charge in [-0.05, 0) is 17.7 Å². The van der Waals surface area contributed by atoms with E-state index < -0.39 is 0 Å². The summed E-state index contributed by atoms with van der Waals surface area (Å²) in [5.74, 6) is 0. The lowest BCUT2D eigenvalue weighted by Gasteiger charge is -1.93. The van der Waals surface area contributed by atoms with Gasteiger partial charge in [-0.25, -0.2) is 0 Å². The first-order chi connectivity index (χ1) is 5.81. The number of rotatable bonds is 1. The first-order valence-corrected chi connectivity index (χ1v) is 3.99. The summed E-state index contributed by atoms with van der Waals surface area (Å²) >= 11 is 5.70. The standard InChI is InChI=1S/C9H6ClNO/c10-7-3-1-6(2-4-7)9-8(5-11)12-9/h1-4,8-9H/t8-,9-/m1/s1. The summed E-state index contributed by atoms with van der Waals surface area (Å²) in [5.41, 5.74) is 1.02. The Kier molecular flexibility index (Phi) is 1.76.